The number of aromatic nitrogens is 5. The Morgan fingerprint density at radius 1 is 0.886 bits per heavy atom. The molecule has 0 aliphatic carbocycles. The van der Waals surface area contributed by atoms with Crippen molar-refractivity contribution < 1.29 is 14.0 Å². The highest BCUT2D eigenvalue weighted by Crippen LogP contribution is 2.21. The van der Waals surface area contributed by atoms with Crippen molar-refractivity contribution in [2.24, 2.45) is 0 Å². The zero-order valence-corrected chi connectivity index (χ0v) is 18.4. The molecule has 0 atom stereocenters. The fourth-order valence-electron chi connectivity index (χ4n) is 3.61. The van der Waals surface area contributed by atoms with Crippen molar-refractivity contribution in [3.8, 4) is 17.2 Å². The number of nitrogens with zero attached hydrogens (tertiary/aromatic N) is 5. The average Bonchev–Trinajstić information content (AvgIpc) is 3.65. The summed E-state index contributed by atoms with van der Waals surface area (Å²) in [6, 6.07) is 18.7. The SMILES string of the molecule is O=C(CNC(=O)c1cnn(-c2ccccc2F)c1-n1cccc1)Nc1ccc(-n2cccn2)cc1. The molecule has 0 radical (unpaired) electrons. The fourth-order valence-corrected chi connectivity index (χ4v) is 3.61. The van der Waals surface area contributed by atoms with Gasteiger partial charge in [-0.15, -0.1) is 0 Å². The van der Waals surface area contributed by atoms with E-state index in [4.69, 9.17) is 0 Å². The number of hydrogen-bond acceptors (Lipinski definition) is 4. The lowest BCUT2D eigenvalue weighted by molar-refractivity contribution is -0.115. The van der Waals surface area contributed by atoms with Gasteiger partial charge in [0.05, 0.1) is 18.4 Å². The summed E-state index contributed by atoms with van der Waals surface area (Å²) in [6.07, 6.45) is 8.30. The molecular formula is C25H20FN7O2. The van der Waals surface area contributed by atoms with Gasteiger partial charge in [0.15, 0.2) is 5.82 Å². The van der Waals surface area contributed by atoms with Gasteiger partial charge in [0.1, 0.15) is 17.1 Å². The molecule has 0 fully saturated rings. The lowest BCUT2D eigenvalue weighted by Gasteiger charge is -2.12. The van der Waals surface area contributed by atoms with Crippen LogP contribution < -0.4 is 10.6 Å². The first-order valence-electron chi connectivity index (χ1n) is 10.7. The molecule has 0 unspecified atom stereocenters. The normalized spacial score (nSPS) is 10.8. The van der Waals surface area contributed by atoms with Crippen LogP contribution in [0.5, 0.6) is 0 Å². The largest absolute Gasteiger partial charge is 0.343 e. The molecule has 2 amide bonds. The van der Waals surface area contributed by atoms with Crippen molar-refractivity contribution in [1.29, 1.82) is 0 Å². The van der Waals surface area contributed by atoms with E-state index in [9.17, 15) is 14.0 Å². The molecule has 3 heterocycles. The molecule has 0 aliphatic heterocycles. The molecule has 10 heteroatoms. The van der Waals surface area contributed by atoms with Crippen LogP contribution in [-0.4, -0.2) is 42.5 Å². The number of anilines is 1. The van der Waals surface area contributed by atoms with Gasteiger partial charge in [-0.1, -0.05) is 12.1 Å². The van der Waals surface area contributed by atoms with Crippen LogP contribution in [0.3, 0.4) is 0 Å². The second kappa shape index (κ2) is 9.48. The van der Waals surface area contributed by atoms with Gasteiger partial charge in [-0.25, -0.2) is 13.8 Å². The van der Waals surface area contributed by atoms with Crippen LogP contribution in [0.4, 0.5) is 10.1 Å². The molecule has 3 aromatic heterocycles. The summed E-state index contributed by atoms with van der Waals surface area (Å²) in [6.45, 7) is -0.254. The molecule has 174 valence electrons. The number of amides is 2. The van der Waals surface area contributed by atoms with E-state index < -0.39 is 17.6 Å². The first kappa shape index (κ1) is 21.8. The highest BCUT2D eigenvalue weighted by atomic mass is 19.1. The maximum Gasteiger partial charge on any atom is 0.257 e. The van der Waals surface area contributed by atoms with E-state index in [2.05, 4.69) is 20.8 Å². The highest BCUT2D eigenvalue weighted by Gasteiger charge is 2.21. The minimum Gasteiger partial charge on any atom is -0.343 e. The van der Waals surface area contributed by atoms with Gasteiger partial charge in [0.25, 0.3) is 5.91 Å². The third-order valence-electron chi connectivity index (χ3n) is 5.25. The maximum absolute atomic E-state index is 14.4. The van der Waals surface area contributed by atoms with E-state index in [-0.39, 0.29) is 17.8 Å². The van der Waals surface area contributed by atoms with Crippen LogP contribution in [-0.2, 0) is 4.79 Å². The fraction of sp³-hybridized carbons (Fsp3) is 0.0400. The lowest BCUT2D eigenvalue weighted by atomic mass is 10.2. The summed E-state index contributed by atoms with van der Waals surface area (Å²) < 4.78 is 19.2. The second-order valence-corrected chi connectivity index (χ2v) is 7.56. The quantitative estimate of drug-likeness (QED) is 0.382. The van der Waals surface area contributed by atoms with Crippen molar-refractivity contribution in [2.45, 2.75) is 0 Å². The van der Waals surface area contributed by atoms with Crippen molar-refractivity contribution >= 4 is 17.5 Å². The molecule has 5 rings (SSSR count). The maximum atomic E-state index is 14.4. The second-order valence-electron chi connectivity index (χ2n) is 7.56. The van der Waals surface area contributed by atoms with Crippen LogP contribution in [0, 0.1) is 5.82 Å². The monoisotopic (exact) mass is 469 g/mol. The number of para-hydroxylation sites is 1. The molecule has 5 aromatic rings. The topological polar surface area (TPSA) is 98.8 Å². The highest BCUT2D eigenvalue weighted by molar-refractivity contribution is 6.01. The van der Waals surface area contributed by atoms with Crippen LogP contribution in [0.25, 0.3) is 17.2 Å². The number of benzene rings is 2. The number of carbonyl (C=O) groups excluding carboxylic acids is 2. The van der Waals surface area contributed by atoms with Crippen molar-refractivity contribution in [3.63, 3.8) is 0 Å². The Morgan fingerprint density at radius 3 is 2.37 bits per heavy atom. The molecule has 9 nitrogen and oxygen atoms in total. The molecule has 0 saturated carbocycles. The van der Waals surface area contributed by atoms with Crippen molar-refractivity contribution in [2.75, 3.05) is 11.9 Å². The number of hydrogen-bond donors (Lipinski definition) is 2. The zero-order valence-electron chi connectivity index (χ0n) is 18.4. The number of halogens is 1. The molecule has 0 saturated heterocycles. The first-order chi connectivity index (χ1) is 17.1. The van der Waals surface area contributed by atoms with Crippen molar-refractivity contribution in [3.05, 3.63) is 109 Å². The zero-order chi connectivity index (χ0) is 24.2. The van der Waals surface area contributed by atoms with Gasteiger partial charge in [0, 0.05) is 30.5 Å². The van der Waals surface area contributed by atoms with E-state index >= 15 is 0 Å². The standard InChI is InChI=1S/C25H20FN7O2/c26-21-6-1-2-7-22(21)33-25(31-13-3-4-14-31)20(16-29-33)24(35)27-17-23(34)30-18-8-10-19(11-9-18)32-15-5-12-28-32/h1-16H,17H2,(H,27,35)(H,30,34). The van der Waals surface area contributed by atoms with Crippen LogP contribution >= 0.6 is 0 Å². The summed E-state index contributed by atoms with van der Waals surface area (Å²) in [5, 5.41) is 13.7. The van der Waals surface area contributed by atoms with E-state index in [1.54, 1.807) is 70.3 Å². The Hall–Kier alpha value is -4.99. The van der Waals surface area contributed by atoms with Crippen LogP contribution in [0.2, 0.25) is 0 Å². The smallest absolute Gasteiger partial charge is 0.257 e. The number of nitrogens with one attached hydrogen (secondary N) is 2. The average molecular weight is 469 g/mol. The van der Waals surface area contributed by atoms with E-state index in [1.807, 2.05) is 24.4 Å². The molecule has 0 spiro atoms. The predicted octanol–water partition coefficient (Wildman–Crippen LogP) is 3.36. The molecule has 2 N–H and O–H groups in total. The van der Waals surface area contributed by atoms with Gasteiger partial charge in [-0.2, -0.15) is 10.2 Å². The summed E-state index contributed by atoms with van der Waals surface area (Å²) in [5.74, 6) is -1.03. The molecular weight excluding hydrogens is 449 g/mol. The van der Waals surface area contributed by atoms with E-state index in [0.29, 0.717) is 11.5 Å². The van der Waals surface area contributed by atoms with Crippen LogP contribution in [0.1, 0.15) is 10.4 Å². The van der Waals surface area contributed by atoms with E-state index in [1.165, 1.54) is 16.9 Å². The lowest BCUT2D eigenvalue weighted by Crippen LogP contribution is -2.33. The molecule has 35 heavy (non-hydrogen) atoms. The Kier molecular flexibility index (Phi) is 5.91. The van der Waals surface area contributed by atoms with Crippen LogP contribution in [0.15, 0.2) is 97.7 Å². The van der Waals surface area contributed by atoms with Gasteiger partial charge in [-0.3, -0.25) is 9.59 Å². The van der Waals surface area contributed by atoms with E-state index in [0.717, 1.165) is 5.69 Å². The third-order valence-corrected chi connectivity index (χ3v) is 5.25. The summed E-state index contributed by atoms with van der Waals surface area (Å²) in [4.78, 5) is 25.4. The minimum atomic E-state index is -0.513. The van der Waals surface area contributed by atoms with Gasteiger partial charge >= 0.3 is 0 Å². The van der Waals surface area contributed by atoms with Gasteiger partial charge in [0.2, 0.25) is 5.91 Å². The third kappa shape index (κ3) is 4.58. The predicted molar refractivity (Wildman–Crippen MR) is 127 cm³/mol. The Bertz CT molecular complexity index is 1460. The minimum absolute atomic E-state index is 0.195. The molecule has 2 aromatic carbocycles. The Labute approximate surface area is 199 Å². The Balaban J connectivity index is 1.29. The van der Waals surface area contributed by atoms with Crippen molar-refractivity contribution in [1.82, 2.24) is 29.4 Å². The Morgan fingerprint density at radius 2 is 1.66 bits per heavy atom. The summed E-state index contributed by atoms with van der Waals surface area (Å²) in [7, 11) is 0. The number of rotatable bonds is 7. The molecule has 0 bridgehead atoms. The van der Waals surface area contributed by atoms with Gasteiger partial charge in [-0.05, 0) is 54.6 Å². The van der Waals surface area contributed by atoms with Gasteiger partial charge < -0.3 is 15.2 Å². The number of carbonyl (C=O) groups is 2. The summed E-state index contributed by atoms with van der Waals surface area (Å²) in [5.41, 5.74) is 1.83. The first-order valence-corrected chi connectivity index (χ1v) is 10.7. The molecule has 0 aliphatic rings. The summed E-state index contributed by atoms with van der Waals surface area (Å²) >= 11 is 0.